The van der Waals surface area contributed by atoms with E-state index < -0.39 is 0 Å². The van der Waals surface area contributed by atoms with E-state index in [9.17, 15) is 9.59 Å². The van der Waals surface area contributed by atoms with Crippen LogP contribution < -0.4 is 5.32 Å². The molecule has 1 heterocycles. The largest absolute Gasteiger partial charge is 0.327 e. The molecule has 0 radical (unpaired) electrons. The number of imide groups is 1. The zero-order chi connectivity index (χ0) is 15.6. The van der Waals surface area contributed by atoms with Gasteiger partial charge in [0.25, 0.3) is 0 Å². The van der Waals surface area contributed by atoms with Crippen LogP contribution in [0.4, 0.5) is 4.79 Å². The van der Waals surface area contributed by atoms with E-state index in [1.54, 1.807) is 7.05 Å². The molecule has 1 aromatic rings. The van der Waals surface area contributed by atoms with Gasteiger partial charge in [-0.05, 0) is 26.0 Å². The number of aryl methyl sites for hydroxylation is 2. The molecule has 1 aliphatic rings. The summed E-state index contributed by atoms with van der Waals surface area (Å²) in [5.74, 6) is -0.130. The van der Waals surface area contributed by atoms with Crippen LogP contribution in [0, 0.1) is 13.8 Å². The Kier molecular flexibility index (Phi) is 4.63. The van der Waals surface area contributed by atoms with Crippen LogP contribution in [0.15, 0.2) is 18.2 Å². The van der Waals surface area contributed by atoms with Gasteiger partial charge in [0.15, 0.2) is 0 Å². The van der Waals surface area contributed by atoms with E-state index in [0.29, 0.717) is 6.54 Å². The second-order valence-corrected chi connectivity index (χ2v) is 5.67. The highest BCUT2D eigenvalue weighted by atomic mass is 16.2. The number of hydrogen-bond donors (Lipinski definition) is 1. The molecule has 5 heteroatoms. The molecule has 1 aromatic carbocycles. The van der Waals surface area contributed by atoms with Crippen LogP contribution in [0.2, 0.25) is 0 Å². The van der Waals surface area contributed by atoms with Gasteiger partial charge in [-0.3, -0.25) is 9.69 Å². The van der Waals surface area contributed by atoms with Crippen molar-refractivity contribution in [2.75, 3.05) is 26.7 Å². The summed E-state index contributed by atoms with van der Waals surface area (Å²) in [7, 11) is 1.65. The molecule has 5 nitrogen and oxygen atoms in total. The minimum Gasteiger partial charge on any atom is -0.318 e. The summed E-state index contributed by atoms with van der Waals surface area (Å²) in [5.41, 5.74) is 3.48. The Bertz CT molecular complexity index is 536. The number of nitrogens with zero attached hydrogens (tertiary/aromatic N) is 2. The molecule has 1 N–H and O–H groups in total. The van der Waals surface area contributed by atoms with Gasteiger partial charge in [-0.2, -0.15) is 0 Å². The molecule has 1 aliphatic heterocycles. The Balaban J connectivity index is 2.23. The summed E-state index contributed by atoms with van der Waals surface area (Å²) in [4.78, 5) is 26.7. The Morgan fingerprint density at radius 2 is 1.81 bits per heavy atom. The standard InChI is InChI=1S/C16H23N3O2/c1-5-17-14(13-7-11(2)6-12(3)8-13)9-19-15(20)10-18(4)16(19)21/h6-8,14,17H,5,9-10H2,1-4H3. The fourth-order valence-corrected chi connectivity index (χ4v) is 2.78. The monoisotopic (exact) mass is 289 g/mol. The average Bonchev–Trinajstić information content (AvgIpc) is 2.63. The average molecular weight is 289 g/mol. The van der Waals surface area contributed by atoms with Gasteiger partial charge in [0.05, 0.1) is 6.04 Å². The third kappa shape index (κ3) is 3.42. The summed E-state index contributed by atoms with van der Waals surface area (Å²) in [6.45, 7) is 7.46. The van der Waals surface area contributed by atoms with Crippen LogP contribution in [0.3, 0.4) is 0 Å². The quantitative estimate of drug-likeness (QED) is 0.842. The Hall–Kier alpha value is -1.88. The van der Waals surface area contributed by atoms with Crippen molar-refractivity contribution in [3.8, 4) is 0 Å². The van der Waals surface area contributed by atoms with Crippen molar-refractivity contribution in [1.82, 2.24) is 15.1 Å². The van der Waals surface area contributed by atoms with Gasteiger partial charge in [0.1, 0.15) is 6.54 Å². The van der Waals surface area contributed by atoms with Gasteiger partial charge in [-0.25, -0.2) is 4.79 Å². The maximum Gasteiger partial charge on any atom is 0.327 e. The number of amides is 3. The van der Waals surface area contributed by atoms with Gasteiger partial charge in [0.2, 0.25) is 5.91 Å². The second-order valence-electron chi connectivity index (χ2n) is 5.67. The lowest BCUT2D eigenvalue weighted by molar-refractivity contribution is -0.125. The highest BCUT2D eigenvalue weighted by molar-refractivity contribution is 6.01. The number of likely N-dealkylation sites (N-methyl/N-ethyl adjacent to an activating group) is 2. The molecule has 0 saturated carbocycles. The summed E-state index contributed by atoms with van der Waals surface area (Å²) in [5, 5.41) is 3.37. The number of rotatable bonds is 5. The van der Waals surface area contributed by atoms with Crippen molar-refractivity contribution in [2.24, 2.45) is 0 Å². The number of hydrogen-bond acceptors (Lipinski definition) is 3. The normalized spacial score (nSPS) is 16.8. The van der Waals surface area contributed by atoms with Gasteiger partial charge in [-0.1, -0.05) is 36.2 Å². The number of carbonyl (C=O) groups is 2. The molecular formula is C16H23N3O2. The number of urea groups is 1. The predicted octanol–water partition coefficient (Wildman–Crippen LogP) is 1.85. The SMILES string of the molecule is CCNC(CN1C(=O)CN(C)C1=O)c1cc(C)cc(C)c1. The van der Waals surface area contributed by atoms with Crippen molar-refractivity contribution >= 4 is 11.9 Å². The Labute approximate surface area is 125 Å². The summed E-state index contributed by atoms with van der Waals surface area (Å²) < 4.78 is 0. The lowest BCUT2D eigenvalue weighted by Crippen LogP contribution is -2.39. The third-order valence-corrected chi connectivity index (χ3v) is 3.69. The van der Waals surface area contributed by atoms with Gasteiger partial charge < -0.3 is 10.2 Å². The number of carbonyl (C=O) groups excluding carboxylic acids is 2. The molecule has 0 aliphatic carbocycles. The van der Waals surface area contributed by atoms with E-state index in [1.807, 2.05) is 6.92 Å². The molecule has 1 unspecified atom stereocenters. The predicted molar refractivity (Wildman–Crippen MR) is 82.1 cm³/mol. The van der Waals surface area contributed by atoms with Gasteiger partial charge >= 0.3 is 6.03 Å². The van der Waals surface area contributed by atoms with Crippen LogP contribution in [-0.2, 0) is 4.79 Å². The summed E-state index contributed by atoms with van der Waals surface area (Å²) >= 11 is 0. The molecule has 21 heavy (non-hydrogen) atoms. The van der Waals surface area contributed by atoms with E-state index in [0.717, 1.165) is 12.1 Å². The van der Waals surface area contributed by atoms with Crippen LogP contribution in [0.1, 0.15) is 29.7 Å². The minimum atomic E-state index is -0.215. The van der Waals surface area contributed by atoms with Crippen LogP contribution >= 0.6 is 0 Å². The van der Waals surface area contributed by atoms with Crippen LogP contribution in [0.25, 0.3) is 0 Å². The van der Waals surface area contributed by atoms with Crippen LogP contribution in [0.5, 0.6) is 0 Å². The van der Waals surface area contributed by atoms with E-state index in [-0.39, 0.29) is 24.5 Å². The first-order chi connectivity index (χ1) is 9.92. The fourth-order valence-electron chi connectivity index (χ4n) is 2.78. The first-order valence-electron chi connectivity index (χ1n) is 7.29. The molecule has 0 spiro atoms. The highest BCUT2D eigenvalue weighted by Gasteiger charge is 2.35. The van der Waals surface area contributed by atoms with Crippen molar-refractivity contribution < 1.29 is 9.59 Å². The molecule has 0 bridgehead atoms. The molecule has 0 aromatic heterocycles. The lowest BCUT2D eigenvalue weighted by Gasteiger charge is -2.24. The van der Waals surface area contributed by atoms with Crippen molar-refractivity contribution in [3.05, 3.63) is 34.9 Å². The second kappa shape index (κ2) is 6.26. The van der Waals surface area contributed by atoms with E-state index in [1.165, 1.54) is 20.9 Å². The van der Waals surface area contributed by atoms with Crippen molar-refractivity contribution in [1.29, 1.82) is 0 Å². The van der Waals surface area contributed by atoms with Crippen LogP contribution in [-0.4, -0.2) is 48.4 Å². The topological polar surface area (TPSA) is 52.7 Å². The molecular weight excluding hydrogens is 266 g/mol. The first-order valence-corrected chi connectivity index (χ1v) is 7.29. The van der Waals surface area contributed by atoms with Crippen molar-refractivity contribution in [3.63, 3.8) is 0 Å². The Morgan fingerprint density at radius 1 is 1.19 bits per heavy atom. The lowest BCUT2D eigenvalue weighted by atomic mass is 10.0. The fraction of sp³-hybridized carbons (Fsp3) is 0.500. The number of benzene rings is 1. The maximum atomic E-state index is 12.0. The smallest absolute Gasteiger partial charge is 0.318 e. The van der Waals surface area contributed by atoms with E-state index in [4.69, 9.17) is 0 Å². The molecule has 1 atom stereocenters. The maximum absolute atomic E-state index is 12.0. The molecule has 114 valence electrons. The van der Waals surface area contributed by atoms with Gasteiger partial charge in [0, 0.05) is 13.6 Å². The minimum absolute atomic E-state index is 0.0343. The summed E-state index contributed by atoms with van der Waals surface area (Å²) in [6, 6.07) is 6.08. The molecule has 1 fully saturated rings. The number of nitrogens with one attached hydrogen (secondary N) is 1. The van der Waals surface area contributed by atoms with E-state index >= 15 is 0 Å². The Morgan fingerprint density at radius 3 is 2.29 bits per heavy atom. The molecule has 2 rings (SSSR count). The first kappa shape index (κ1) is 15.5. The zero-order valence-corrected chi connectivity index (χ0v) is 13.1. The zero-order valence-electron chi connectivity index (χ0n) is 13.1. The van der Waals surface area contributed by atoms with Crippen molar-refractivity contribution in [2.45, 2.75) is 26.8 Å². The highest BCUT2D eigenvalue weighted by Crippen LogP contribution is 2.20. The third-order valence-electron chi connectivity index (χ3n) is 3.69. The van der Waals surface area contributed by atoms with E-state index in [2.05, 4.69) is 37.4 Å². The molecule has 1 saturated heterocycles. The molecule has 3 amide bonds. The summed E-state index contributed by atoms with van der Waals surface area (Å²) in [6.07, 6.45) is 0. The van der Waals surface area contributed by atoms with Gasteiger partial charge in [-0.15, -0.1) is 0 Å².